The molecule has 3 aromatic carbocycles. The van der Waals surface area contributed by atoms with Crippen LogP contribution in [-0.2, 0) is 6.54 Å². The summed E-state index contributed by atoms with van der Waals surface area (Å²) in [5.41, 5.74) is 2.21. The molecule has 4 amide bonds. The van der Waals surface area contributed by atoms with Gasteiger partial charge in [-0.1, -0.05) is 35.9 Å². The Morgan fingerprint density at radius 3 is 2.20 bits per heavy atom. The molecule has 0 aliphatic carbocycles. The Labute approximate surface area is 238 Å². The molecular formula is C30H33ClFN5O3. The summed E-state index contributed by atoms with van der Waals surface area (Å²) in [6.45, 7) is 8.04. The maximum atomic E-state index is 13.4. The van der Waals surface area contributed by atoms with Crippen molar-refractivity contribution in [3.63, 3.8) is 0 Å². The maximum Gasteiger partial charge on any atom is 0.317 e. The summed E-state index contributed by atoms with van der Waals surface area (Å²) in [6, 6.07) is 17.7. The van der Waals surface area contributed by atoms with Crippen LogP contribution in [0.3, 0.4) is 0 Å². The number of carbonyl (C=O) groups is 3. The molecule has 0 spiro atoms. The number of nitrogens with one attached hydrogen (secondary N) is 3. The molecule has 0 atom stereocenters. The first-order valence-electron chi connectivity index (χ1n) is 13.0. The van der Waals surface area contributed by atoms with Crippen molar-refractivity contribution in [3.8, 4) is 0 Å². The Balaban J connectivity index is 1.54. The second-order valence-electron chi connectivity index (χ2n) is 10.6. The van der Waals surface area contributed by atoms with E-state index in [0.717, 1.165) is 5.56 Å². The number of urea groups is 1. The van der Waals surface area contributed by atoms with Crippen LogP contribution in [0.2, 0.25) is 5.02 Å². The highest BCUT2D eigenvalue weighted by atomic mass is 35.5. The van der Waals surface area contributed by atoms with E-state index in [-0.39, 0.29) is 29.8 Å². The number of rotatable bonds is 6. The third-order valence-corrected chi connectivity index (χ3v) is 6.70. The zero-order chi connectivity index (χ0) is 28.9. The van der Waals surface area contributed by atoms with E-state index in [1.54, 1.807) is 59.5 Å². The van der Waals surface area contributed by atoms with Gasteiger partial charge in [0.25, 0.3) is 11.8 Å². The van der Waals surface area contributed by atoms with Crippen molar-refractivity contribution in [1.82, 2.24) is 15.5 Å². The molecule has 1 aliphatic heterocycles. The molecule has 1 saturated heterocycles. The van der Waals surface area contributed by atoms with Gasteiger partial charge in [0.2, 0.25) is 0 Å². The number of anilines is 2. The summed E-state index contributed by atoms with van der Waals surface area (Å²) < 4.78 is 13.3. The summed E-state index contributed by atoms with van der Waals surface area (Å²) in [4.78, 5) is 42.7. The molecule has 4 rings (SSSR count). The minimum Gasteiger partial charge on any atom is -0.367 e. The van der Waals surface area contributed by atoms with Crippen molar-refractivity contribution in [3.05, 3.63) is 94.3 Å². The van der Waals surface area contributed by atoms with Crippen molar-refractivity contribution in [2.24, 2.45) is 0 Å². The number of hydrogen-bond acceptors (Lipinski definition) is 4. The molecule has 1 aliphatic rings. The zero-order valence-corrected chi connectivity index (χ0v) is 23.5. The summed E-state index contributed by atoms with van der Waals surface area (Å²) in [7, 11) is 0. The number of nitrogens with zero attached hydrogens (tertiary/aromatic N) is 2. The van der Waals surface area contributed by atoms with E-state index in [2.05, 4.69) is 16.0 Å². The first-order chi connectivity index (χ1) is 19.0. The molecule has 10 heteroatoms. The zero-order valence-electron chi connectivity index (χ0n) is 22.8. The Kier molecular flexibility index (Phi) is 8.94. The minimum absolute atomic E-state index is 0.123. The van der Waals surface area contributed by atoms with Crippen molar-refractivity contribution in [2.75, 3.05) is 36.4 Å². The average molecular weight is 566 g/mol. The van der Waals surface area contributed by atoms with Crippen molar-refractivity contribution < 1.29 is 18.8 Å². The van der Waals surface area contributed by atoms with E-state index in [1.165, 1.54) is 12.1 Å². The molecule has 0 aromatic heterocycles. The van der Waals surface area contributed by atoms with Crippen LogP contribution in [0.25, 0.3) is 0 Å². The number of benzene rings is 3. The van der Waals surface area contributed by atoms with Gasteiger partial charge in [0.1, 0.15) is 5.82 Å². The number of carbonyl (C=O) groups excluding carboxylic acids is 3. The summed E-state index contributed by atoms with van der Waals surface area (Å²) in [5, 5.41) is 9.02. The third-order valence-electron chi connectivity index (χ3n) is 6.37. The molecule has 0 radical (unpaired) electrons. The van der Waals surface area contributed by atoms with Crippen LogP contribution >= 0.6 is 11.6 Å². The topological polar surface area (TPSA) is 93.8 Å². The molecular weight excluding hydrogens is 533 g/mol. The van der Waals surface area contributed by atoms with E-state index in [4.69, 9.17) is 11.6 Å². The van der Waals surface area contributed by atoms with Crippen LogP contribution in [0.5, 0.6) is 0 Å². The number of piperazine rings is 1. The van der Waals surface area contributed by atoms with Crippen molar-refractivity contribution in [2.45, 2.75) is 32.9 Å². The van der Waals surface area contributed by atoms with E-state index >= 15 is 0 Å². The van der Waals surface area contributed by atoms with Gasteiger partial charge >= 0.3 is 6.03 Å². The van der Waals surface area contributed by atoms with Gasteiger partial charge in [0, 0.05) is 49.6 Å². The second-order valence-corrected chi connectivity index (χ2v) is 11.0. The lowest BCUT2D eigenvalue weighted by atomic mass is 10.1. The molecule has 210 valence electrons. The summed E-state index contributed by atoms with van der Waals surface area (Å²) >= 11 is 6.18. The lowest BCUT2D eigenvalue weighted by Crippen LogP contribution is -2.55. The van der Waals surface area contributed by atoms with Crippen LogP contribution < -0.4 is 20.9 Å². The largest absolute Gasteiger partial charge is 0.367 e. The van der Waals surface area contributed by atoms with Crippen LogP contribution in [0, 0.1) is 5.82 Å². The Morgan fingerprint density at radius 2 is 1.55 bits per heavy atom. The quantitative estimate of drug-likeness (QED) is 0.378. The van der Waals surface area contributed by atoms with Crippen molar-refractivity contribution in [1.29, 1.82) is 0 Å². The number of hydrogen-bond donors (Lipinski definition) is 3. The fourth-order valence-corrected chi connectivity index (χ4v) is 4.57. The normalized spacial score (nSPS) is 13.5. The molecule has 8 nitrogen and oxygen atoms in total. The predicted molar refractivity (Wildman–Crippen MR) is 155 cm³/mol. The van der Waals surface area contributed by atoms with E-state index in [9.17, 15) is 18.8 Å². The SMILES string of the molecule is CC(C)(C)NC(=O)N1CCN(c2ccc(NC(=O)c3ccccc3Cl)cc2C(=O)NCc2ccc(F)cc2)CC1. The van der Waals surface area contributed by atoms with E-state index in [0.29, 0.717) is 53.7 Å². The van der Waals surface area contributed by atoms with Gasteiger partial charge in [0.15, 0.2) is 0 Å². The first kappa shape index (κ1) is 28.9. The molecule has 3 N–H and O–H groups in total. The highest BCUT2D eigenvalue weighted by molar-refractivity contribution is 6.34. The van der Waals surface area contributed by atoms with E-state index in [1.807, 2.05) is 25.7 Å². The lowest BCUT2D eigenvalue weighted by molar-refractivity contribution is 0.0949. The molecule has 40 heavy (non-hydrogen) atoms. The maximum absolute atomic E-state index is 13.4. The fourth-order valence-electron chi connectivity index (χ4n) is 4.35. The molecule has 3 aromatic rings. The summed E-state index contributed by atoms with van der Waals surface area (Å²) in [6.07, 6.45) is 0. The minimum atomic E-state index is -0.394. The first-order valence-corrected chi connectivity index (χ1v) is 13.4. The fraction of sp³-hybridized carbons (Fsp3) is 0.300. The van der Waals surface area contributed by atoms with Gasteiger partial charge in [-0.15, -0.1) is 0 Å². The Hall–Kier alpha value is -4.11. The van der Waals surface area contributed by atoms with Crippen LogP contribution in [-0.4, -0.2) is 54.5 Å². The van der Waals surface area contributed by atoms with Gasteiger partial charge in [-0.25, -0.2) is 9.18 Å². The van der Waals surface area contributed by atoms with Crippen LogP contribution in [0.15, 0.2) is 66.7 Å². The second kappa shape index (κ2) is 12.4. The van der Waals surface area contributed by atoms with Gasteiger partial charge in [-0.3, -0.25) is 9.59 Å². The van der Waals surface area contributed by atoms with Gasteiger partial charge in [-0.2, -0.15) is 0 Å². The lowest BCUT2D eigenvalue weighted by Gasteiger charge is -2.38. The number of halogens is 2. The van der Waals surface area contributed by atoms with E-state index < -0.39 is 5.91 Å². The van der Waals surface area contributed by atoms with Crippen molar-refractivity contribution >= 4 is 40.8 Å². The Bertz CT molecular complexity index is 1380. The molecule has 0 unspecified atom stereocenters. The molecule has 0 bridgehead atoms. The van der Waals surface area contributed by atoms with Gasteiger partial charge in [-0.05, 0) is 68.8 Å². The third kappa shape index (κ3) is 7.51. The standard InChI is InChI=1S/C30H33ClFN5O3/c1-30(2,3)35-29(40)37-16-14-36(15-17-37)26-13-12-22(34-28(39)23-6-4-5-7-25(23)31)18-24(26)27(38)33-19-20-8-10-21(32)11-9-20/h4-13,18H,14-17,19H2,1-3H3,(H,33,38)(H,34,39)(H,35,40). The molecule has 1 fully saturated rings. The van der Waals surface area contributed by atoms with Gasteiger partial charge in [0.05, 0.1) is 16.1 Å². The highest BCUT2D eigenvalue weighted by Crippen LogP contribution is 2.27. The molecule has 1 heterocycles. The van der Waals surface area contributed by atoms with Crippen LogP contribution in [0.1, 0.15) is 47.1 Å². The Morgan fingerprint density at radius 1 is 0.875 bits per heavy atom. The average Bonchev–Trinajstić information content (AvgIpc) is 2.92. The predicted octanol–water partition coefficient (Wildman–Crippen LogP) is 5.29. The highest BCUT2D eigenvalue weighted by Gasteiger charge is 2.26. The van der Waals surface area contributed by atoms with Gasteiger partial charge < -0.3 is 25.8 Å². The smallest absolute Gasteiger partial charge is 0.317 e. The van der Waals surface area contributed by atoms with Crippen LogP contribution in [0.4, 0.5) is 20.6 Å². The number of amides is 4. The molecule has 0 saturated carbocycles. The summed E-state index contributed by atoms with van der Waals surface area (Å²) in [5.74, 6) is -1.09. The monoisotopic (exact) mass is 565 g/mol.